The molecule has 5 heteroatoms. The monoisotopic (exact) mass is 264 g/mol. The van der Waals surface area contributed by atoms with Gasteiger partial charge >= 0.3 is 0 Å². The second-order valence-corrected chi connectivity index (χ2v) is 6.41. The summed E-state index contributed by atoms with van der Waals surface area (Å²) in [4.78, 5) is 9.00. The molecule has 0 aliphatic rings. The molecule has 2 aromatic heterocycles. The number of imidazole rings is 1. The lowest BCUT2D eigenvalue weighted by Crippen LogP contribution is -2.13. The minimum Gasteiger partial charge on any atom is -0.325 e. The van der Waals surface area contributed by atoms with Gasteiger partial charge in [-0.1, -0.05) is 20.8 Å². The zero-order chi connectivity index (χ0) is 13.3. The largest absolute Gasteiger partial charge is 0.325 e. The first-order valence-electron chi connectivity index (χ1n) is 6.07. The third-order valence-corrected chi connectivity index (χ3v) is 3.79. The fraction of sp³-hybridized carbons (Fsp3) is 0.538. The van der Waals surface area contributed by atoms with E-state index in [1.807, 2.05) is 13.1 Å². The van der Waals surface area contributed by atoms with Crippen LogP contribution in [0.5, 0.6) is 0 Å². The van der Waals surface area contributed by atoms with Crippen LogP contribution < -0.4 is 5.73 Å². The molecule has 0 bridgehead atoms. The van der Waals surface area contributed by atoms with Gasteiger partial charge < -0.3 is 10.3 Å². The molecular weight excluding hydrogens is 244 g/mol. The lowest BCUT2D eigenvalue weighted by Gasteiger charge is -2.14. The van der Waals surface area contributed by atoms with Crippen LogP contribution in [0.15, 0.2) is 11.6 Å². The van der Waals surface area contributed by atoms with Crippen LogP contribution in [0.4, 0.5) is 0 Å². The molecule has 0 atom stereocenters. The van der Waals surface area contributed by atoms with Gasteiger partial charge in [-0.3, -0.25) is 0 Å². The molecule has 98 valence electrons. The number of thiazole rings is 1. The maximum Gasteiger partial charge on any atom is 0.113 e. The van der Waals surface area contributed by atoms with Crippen molar-refractivity contribution < 1.29 is 0 Å². The standard InChI is InChI=1S/C13H20N4S/c1-9-15-6-10(5-14)17(9)7-12-16-11(8-18-12)13(2,3)4/h6,8H,5,7,14H2,1-4H3. The van der Waals surface area contributed by atoms with Crippen molar-refractivity contribution in [2.75, 3.05) is 0 Å². The summed E-state index contributed by atoms with van der Waals surface area (Å²) < 4.78 is 2.13. The van der Waals surface area contributed by atoms with Crippen LogP contribution in [0.2, 0.25) is 0 Å². The molecule has 18 heavy (non-hydrogen) atoms. The lowest BCUT2D eigenvalue weighted by atomic mass is 9.93. The Morgan fingerprint density at radius 1 is 1.39 bits per heavy atom. The zero-order valence-electron chi connectivity index (χ0n) is 11.4. The number of nitrogens with two attached hydrogens (primary N) is 1. The normalized spacial score (nSPS) is 12.1. The molecule has 0 unspecified atom stereocenters. The van der Waals surface area contributed by atoms with Gasteiger partial charge in [0, 0.05) is 23.5 Å². The predicted molar refractivity (Wildman–Crippen MR) is 74.8 cm³/mol. The van der Waals surface area contributed by atoms with Gasteiger partial charge in [-0.25, -0.2) is 9.97 Å². The molecule has 2 rings (SSSR count). The molecular formula is C13H20N4S. The average molecular weight is 264 g/mol. The Balaban J connectivity index is 2.24. The third kappa shape index (κ3) is 2.62. The molecule has 0 spiro atoms. The van der Waals surface area contributed by atoms with Crippen molar-refractivity contribution in [1.82, 2.24) is 14.5 Å². The number of aromatic nitrogens is 3. The summed E-state index contributed by atoms with van der Waals surface area (Å²) in [6.45, 7) is 9.81. The van der Waals surface area contributed by atoms with Crippen molar-refractivity contribution in [3.8, 4) is 0 Å². The zero-order valence-corrected chi connectivity index (χ0v) is 12.2. The third-order valence-electron chi connectivity index (χ3n) is 2.96. The van der Waals surface area contributed by atoms with E-state index in [1.54, 1.807) is 11.3 Å². The first kappa shape index (κ1) is 13.2. The van der Waals surface area contributed by atoms with E-state index in [0.717, 1.165) is 28.8 Å². The highest BCUT2D eigenvalue weighted by Crippen LogP contribution is 2.24. The van der Waals surface area contributed by atoms with Crippen molar-refractivity contribution in [3.05, 3.63) is 33.8 Å². The highest BCUT2D eigenvalue weighted by molar-refractivity contribution is 7.09. The van der Waals surface area contributed by atoms with E-state index in [-0.39, 0.29) is 5.41 Å². The predicted octanol–water partition coefficient (Wildman–Crippen LogP) is 2.45. The molecule has 2 heterocycles. The summed E-state index contributed by atoms with van der Waals surface area (Å²) in [6.07, 6.45) is 1.84. The highest BCUT2D eigenvalue weighted by atomic mass is 32.1. The Hall–Kier alpha value is -1.20. The van der Waals surface area contributed by atoms with E-state index in [0.29, 0.717) is 6.54 Å². The van der Waals surface area contributed by atoms with Crippen LogP contribution in [-0.2, 0) is 18.5 Å². The Kier molecular flexibility index (Phi) is 3.54. The minimum absolute atomic E-state index is 0.107. The maximum atomic E-state index is 5.71. The lowest BCUT2D eigenvalue weighted by molar-refractivity contribution is 0.569. The van der Waals surface area contributed by atoms with Crippen LogP contribution in [0.25, 0.3) is 0 Å². The highest BCUT2D eigenvalue weighted by Gasteiger charge is 2.18. The van der Waals surface area contributed by atoms with Gasteiger partial charge in [0.25, 0.3) is 0 Å². The topological polar surface area (TPSA) is 56.7 Å². The molecule has 0 aliphatic heterocycles. The fourth-order valence-electron chi connectivity index (χ4n) is 1.76. The number of hydrogen-bond donors (Lipinski definition) is 1. The van der Waals surface area contributed by atoms with Crippen LogP contribution >= 0.6 is 11.3 Å². The summed E-state index contributed by atoms with van der Waals surface area (Å²) in [5, 5.41) is 3.25. The Bertz CT molecular complexity index is 533. The molecule has 0 saturated heterocycles. The first-order valence-corrected chi connectivity index (χ1v) is 6.95. The van der Waals surface area contributed by atoms with E-state index in [2.05, 4.69) is 35.7 Å². The molecule has 0 radical (unpaired) electrons. The Morgan fingerprint density at radius 2 is 2.11 bits per heavy atom. The van der Waals surface area contributed by atoms with Crippen molar-refractivity contribution in [2.45, 2.75) is 46.2 Å². The molecule has 0 saturated carbocycles. The molecule has 2 aromatic rings. The van der Waals surface area contributed by atoms with E-state index < -0.39 is 0 Å². The van der Waals surface area contributed by atoms with Crippen molar-refractivity contribution >= 4 is 11.3 Å². The van der Waals surface area contributed by atoms with Crippen molar-refractivity contribution in [1.29, 1.82) is 0 Å². The molecule has 2 N–H and O–H groups in total. The quantitative estimate of drug-likeness (QED) is 0.926. The first-order chi connectivity index (χ1) is 8.41. The smallest absolute Gasteiger partial charge is 0.113 e. The molecule has 0 aromatic carbocycles. The van der Waals surface area contributed by atoms with E-state index in [1.165, 1.54) is 0 Å². The second kappa shape index (κ2) is 4.82. The molecule has 0 fully saturated rings. The van der Waals surface area contributed by atoms with E-state index in [4.69, 9.17) is 10.7 Å². The van der Waals surface area contributed by atoms with E-state index >= 15 is 0 Å². The fourth-order valence-corrected chi connectivity index (χ4v) is 2.77. The summed E-state index contributed by atoms with van der Waals surface area (Å²) in [6, 6.07) is 0. The summed E-state index contributed by atoms with van der Waals surface area (Å²) >= 11 is 1.70. The summed E-state index contributed by atoms with van der Waals surface area (Å²) in [7, 11) is 0. The van der Waals surface area contributed by atoms with Gasteiger partial charge in [-0.15, -0.1) is 11.3 Å². The van der Waals surface area contributed by atoms with Gasteiger partial charge in [0.15, 0.2) is 0 Å². The van der Waals surface area contributed by atoms with Gasteiger partial charge in [0.05, 0.1) is 17.9 Å². The van der Waals surface area contributed by atoms with Gasteiger partial charge in [-0.2, -0.15) is 0 Å². The Labute approximate surface area is 112 Å². The maximum absolute atomic E-state index is 5.71. The molecule has 4 nitrogen and oxygen atoms in total. The van der Waals surface area contributed by atoms with Gasteiger partial charge in [0.1, 0.15) is 10.8 Å². The van der Waals surface area contributed by atoms with Crippen LogP contribution in [0.1, 0.15) is 43.0 Å². The van der Waals surface area contributed by atoms with Crippen LogP contribution in [0, 0.1) is 6.92 Å². The van der Waals surface area contributed by atoms with Crippen molar-refractivity contribution in [3.63, 3.8) is 0 Å². The van der Waals surface area contributed by atoms with Crippen LogP contribution in [-0.4, -0.2) is 14.5 Å². The van der Waals surface area contributed by atoms with Crippen molar-refractivity contribution in [2.24, 2.45) is 5.73 Å². The average Bonchev–Trinajstić information content (AvgIpc) is 2.87. The summed E-state index contributed by atoms with van der Waals surface area (Å²) in [5.41, 5.74) is 8.02. The number of hydrogen-bond acceptors (Lipinski definition) is 4. The SMILES string of the molecule is Cc1ncc(CN)n1Cc1nc(C(C)(C)C)cs1. The molecule has 0 aliphatic carbocycles. The minimum atomic E-state index is 0.107. The van der Waals surface area contributed by atoms with Crippen LogP contribution in [0.3, 0.4) is 0 Å². The number of rotatable bonds is 3. The van der Waals surface area contributed by atoms with E-state index in [9.17, 15) is 0 Å². The molecule has 0 amide bonds. The Morgan fingerprint density at radius 3 is 2.67 bits per heavy atom. The van der Waals surface area contributed by atoms with Gasteiger partial charge in [0.2, 0.25) is 0 Å². The number of nitrogens with zero attached hydrogens (tertiary/aromatic N) is 3. The second-order valence-electron chi connectivity index (χ2n) is 5.46. The summed E-state index contributed by atoms with van der Waals surface area (Å²) in [5.74, 6) is 0.989. The van der Waals surface area contributed by atoms with Gasteiger partial charge in [-0.05, 0) is 6.92 Å². The number of aryl methyl sites for hydroxylation is 1.